The molecule has 0 saturated carbocycles. The van der Waals surface area contributed by atoms with E-state index >= 15 is 0 Å². The van der Waals surface area contributed by atoms with E-state index in [1.165, 1.54) is 5.56 Å². The fraction of sp³-hybridized carbons (Fsp3) is 0.381. The third-order valence-electron chi connectivity index (χ3n) is 5.25. The van der Waals surface area contributed by atoms with Crippen molar-refractivity contribution in [3.05, 3.63) is 53.6 Å². The molecule has 1 fully saturated rings. The molecule has 0 aromatic heterocycles. The van der Waals surface area contributed by atoms with E-state index < -0.39 is 5.72 Å². The van der Waals surface area contributed by atoms with Crippen LogP contribution < -0.4 is 20.1 Å². The highest BCUT2D eigenvalue weighted by molar-refractivity contribution is 7.80. The number of fused-ring (bicyclic) bond motifs is 1. The minimum absolute atomic E-state index is 0.115. The molecule has 2 unspecified atom stereocenters. The molecule has 5 nitrogen and oxygen atoms in total. The lowest BCUT2D eigenvalue weighted by atomic mass is 9.77. The van der Waals surface area contributed by atoms with E-state index in [4.69, 9.17) is 21.7 Å². The number of methoxy groups -OCH3 is 1. The first kappa shape index (κ1) is 17.9. The minimum atomic E-state index is -0.628. The maximum Gasteiger partial charge on any atom is 0.185 e. The van der Waals surface area contributed by atoms with Crippen molar-refractivity contribution >= 4 is 17.3 Å². The number of benzene rings is 2. The number of aromatic hydroxyl groups is 1. The average molecular weight is 385 g/mol. The van der Waals surface area contributed by atoms with Crippen molar-refractivity contribution in [1.29, 1.82) is 0 Å². The lowest BCUT2D eigenvalue weighted by Gasteiger charge is -2.50. The summed E-state index contributed by atoms with van der Waals surface area (Å²) in [5.74, 6) is 1.82. The Hall–Kier alpha value is -2.47. The molecule has 2 atom stereocenters. The fourth-order valence-electron chi connectivity index (χ4n) is 4.26. The molecule has 3 N–H and O–H groups in total. The van der Waals surface area contributed by atoms with Crippen molar-refractivity contribution in [3.63, 3.8) is 0 Å². The molecule has 1 saturated heterocycles. The number of nitrogens with one attached hydrogen (secondary N) is 2. The zero-order valence-corrected chi connectivity index (χ0v) is 16.5. The third-order valence-corrected chi connectivity index (χ3v) is 5.45. The van der Waals surface area contributed by atoms with Gasteiger partial charge in [-0.1, -0.05) is 18.2 Å². The quantitative estimate of drug-likeness (QED) is 0.687. The maximum absolute atomic E-state index is 10.00. The average Bonchev–Trinajstić information content (AvgIpc) is 2.58. The number of rotatable bonds is 2. The molecule has 27 heavy (non-hydrogen) atoms. The minimum Gasteiger partial charge on any atom is -0.508 e. The summed E-state index contributed by atoms with van der Waals surface area (Å²) in [7, 11) is 1.67. The molecule has 0 radical (unpaired) electrons. The summed E-state index contributed by atoms with van der Waals surface area (Å²) >= 11 is 5.45. The van der Waals surface area contributed by atoms with Crippen molar-refractivity contribution in [2.24, 2.45) is 0 Å². The van der Waals surface area contributed by atoms with Crippen LogP contribution >= 0.6 is 12.2 Å². The van der Waals surface area contributed by atoms with E-state index in [1.54, 1.807) is 19.2 Å². The molecule has 0 bridgehead atoms. The molecule has 1 spiro atoms. The van der Waals surface area contributed by atoms with E-state index in [0.717, 1.165) is 24.2 Å². The van der Waals surface area contributed by atoms with Gasteiger partial charge in [0.2, 0.25) is 0 Å². The van der Waals surface area contributed by atoms with Crippen LogP contribution in [0.5, 0.6) is 17.2 Å². The second-order valence-electron chi connectivity index (χ2n) is 7.99. The van der Waals surface area contributed by atoms with Crippen molar-refractivity contribution < 1.29 is 14.6 Å². The first-order valence-electron chi connectivity index (χ1n) is 9.05. The van der Waals surface area contributed by atoms with E-state index in [0.29, 0.717) is 10.9 Å². The first-order chi connectivity index (χ1) is 12.8. The van der Waals surface area contributed by atoms with Gasteiger partial charge in [0, 0.05) is 35.9 Å². The number of phenolic OH excluding ortho intramolecular Hbond substituents is 1. The van der Waals surface area contributed by atoms with Crippen molar-refractivity contribution in [2.75, 3.05) is 7.11 Å². The molecule has 142 valence electrons. The number of ether oxygens (including phenoxy) is 2. The number of phenols is 1. The van der Waals surface area contributed by atoms with Gasteiger partial charge in [-0.15, -0.1) is 0 Å². The van der Waals surface area contributed by atoms with Gasteiger partial charge in [0.05, 0.1) is 7.11 Å². The Kier molecular flexibility index (Phi) is 4.18. The normalized spacial score (nSPS) is 25.7. The molecular formula is C21H24N2O3S. The second kappa shape index (κ2) is 6.30. The van der Waals surface area contributed by atoms with Gasteiger partial charge >= 0.3 is 0 Å². The first-order valence-corrected chi connectivity index (χ1v) is 9.46. The Balaban J connectivity index is 1.79. The summed E-state index contributed by atoms with van der Waals surface area (Å²) < 4.78 is 11.7. The van der Waals surface area contributed by atoms with Crippen LogP contribution in [0.4, 0.5) is 0 Å². The van der Waals surface area contributed by atoms with Gasteiger partial charge in [-0.05, 0) is 49.8 Å². The monoisotopic (exact) mass is 384 g/mol. The van der Waals surface area contributed by atoms with E-state index in [1.807, 2.05) is 18.2 Å². The predicted molar refractivity (Wildman–Crippen MR) is 108 cm³/mol. The van der Waals surface area contributed by atoms with Crippen molar-refractivity contribution in [1.82, 2.24) is 10.6 Å². The molecule has 2 aliphatic heterocycles. The summed E-state index contributed by atoms with van der Waals surface area (Å²) in [6.07, 6.45) is 1.48. The topological polar surface area (TPSA) is 62.8 Å². The zero-order chi connectivity index (χ0) is 19.2. The van der Waals surface area contributed by atoms with Crippen molar-refractivity contribution in [3.8, 4) is 17.2 Å². The van der Waals surface area contributed by atoms with Gasteiger partial charge in [0.15, 0.2) is 10.8 Å². The lowest BCUT2D eigenvalue weighted by Crippen LogP contribution is -2.69. The van der Waals surface area contributed by atoms with Crippen LogP contribution in [0.25, 0.3) is 0 Å². The molecule has 4 rings (SSSR count). The van der Waals surface area contributed by atoms with E-state index in [-0.39, 0.29) is 17.2 Å². The highest BCUT2D eigenvalue weighted by atomic mass is 32.1. The molecule has 2 aliphatic rings. The van der Waals surface area contributed by atoms with Gasteiger partial charge < -0.3 is 25.2 Å². The Morgan fingerprint density at radius 2 is 1.89 bits per heavy atom. The predicted octanol–water partition coefficient (Wildman–Crippen LogP) is 3.66. The van der Waals surface area contributed by atoms with Gasteiger partial charge in [0.1, 0.15) is 17.2 Å². The van der Waals surface area contributed by atoms with Crippen LogP contribution in [0.1, 0.15) is 43.7 Å². The third kappa shape index (κ3) is 3.41. The molecule has 0 aliphatic carbocycles. The van der Waals surface area contributed by atoms with Crippen molar-refractivity contribution in [2.45, 2.75) is 43.9 Å². The molecule has 6 heteroatoms. The molecule has 2 aromatic rings. The summed E-state index contributed by atoms with van der Waals surface area (Å²) in [4.78, 5) is 0. The molecular weight excluding hydrogens is 360 g/mol. The van der Waals surface area contributed by atoms with Gasteiger partial charge in [0.25, 0.3) is 0 Å². The van der Waals surface area contributed by atoms with Crippen LogP contribution in [0, 0.1) is 0 Å². The number of thiocarbonyl (C=S) groups is 1. The molecule has 2 heterocycles. The Morgan fingerprint density at radius 3 is 2.56 bits per heavy atom. The second-order valence-corrected chi connectivity index (χ2v) is 8.40. The van der Waals surface area contributed by atoms with Gasteiger partial charge in [-0.25, -0.2) is 0 Å². The molecule has 0 amide bonds. The maximum atomic E-state index is 10.00. The van der Waals surface area contributed by atoms with E-state index in [9.17, 15) is 5.11 Å². The standard InChI is InChI=1S/C21H24N2O3S/c1-20(2)12-21(23-19(27)22-20)11-17(13-4-7-15(25-3)8-5-13)16-9-6-14(24)10-18(16)26-21/h4-10,17,24H,11-12H2,1-3H3,(H2,22,23,27). The SMILES string of the molecule is COc1ccc(C2CC3(CC(C)(C)NC(=S)N3)Oc3cc(O)ccc32)cc1. The smallest absolute Gasteiger partial charge is 0.185 e. The van der Waals surface area contributed by atoms with Crippen LogP contribution in [0.2, 0.25) is 0 Å². The fourth-order valence-corrected chi connectivity index (χ4v) is 4.72. The summed E-state index contributed by atoms with van der Waals surface area (Å²) in [6, 6.07) is 13.5. The van der Waals surface area contributed by atoms with Crippen LogP contribution in [-0.2, 0) is 0 Å². The number of hydrogen-bond donors (Lipinski definition) is 3. The lowest BCUT2D eigenvalue weighted by molar-refractivity contribution is -0.0128. The largest absolute Gasteiger partial charge is 0.508 e. The Labute approximate surface area is 164 Å². The number of hydrogen-bond acceptors (Lipinski definition) is 4. The summed E-state index contributed by atoms with van der Waals surface area (Å²) in [5, 5.41) is 17.3. The summed E-state index contributed by atoms with van der Waals surface area (Å²) in [6.45, 7) is 4.23. The van der Waals surface area contributed by atoms with Gasteiger partial charge in [-0.3, -0.25) is 0 Å². The van der Waals surface area contributed by atoms with Crippen LogP contribution in [0.3, 0.4) is 0 Å². The summed E-state index contributed by atoms with van der Waals surface area (Å²) in [5.41, 5.74) is 1.42. The Morgan fingerprint density at radius 1 is 1.15 bits per heavy atom. The highest BCUT2D eigenvalue weighted by Crippen LogP contribution is 2.47. The van der Waals surface area contributed by atoms with E-state index in [2.05, 4.69) is 36.6 Å². The molecule has 2 aromatic carbocycles. The Bertz CT molecular complexity index is 881. The highest BCUT2D eigenvalue weighted by Gasteiger charge is 2.48. The van der Waals surface area contributed by atoms with Crippen LogP contribution in [-0.4, -0.2) is 28.6 Å². The van der Waals surface area contributed by atoms with Gasteiger partial charge in [-0.2, -0.15) is 0 Å². The zero-order valence-electron chi connectivity index (χ0n) is 15.7. The van der Waals surface area contributed by atoms with Crippen LogP contribution in [0.15, 0.2) is 42.5 Å².